The van der Waals surface area contributed by atoms with Gasteiger partial charge in [0.2, 0.25) is 0 Å². The van der Waals surface area contributed by atoms with Gasteiger partial charge in [0.15, 0.2) is 0 Å². The van der Waals surface area contributed by atoms with E-state index in [0.29, 0.717) is 12.5 Å². The molecule has 2 rings (SSSR count). The Kier molecular flexibility index (Phi) is 4.10. The van der Waals surface area contributed by atoms with Crippen LogP contribution in [0.4, 0.5) is 10.2 Å². The Balaban J connectivity index is 2.13. The average molecular weight is 259 g/mol. The Morgan fingerprint density at radius 2 is 1.84 bits per heavy atom. The van der Waals surface area contributed by atoms with Crippen LogP contribution in [0, 0.1) is 5.82 Å². The lowest BCUT2D eigenvalue weighted by Gasteiger charge is -2.19. The van der Waals surface area contributed by atoms with Crippen molar-refractivity contribution in [2.24, 2.45) is 0 Å². The van der Waals surface area contributed by atoms with Crippen molar-refractivity contribution in [1.29, 1.82) is 0 Å². The molecule has 0 atom stereocenters. The lowest BCUT2D eigenvalue weighted by molar-refractivity contribution is 0.627. The summed E-state index contributed by atoms with van der Waals surface area (Å²) in [5.41, 5.74) is 1.05. The van der Waals surface area contributed by atoms with Gasteiger partial charge in [-0.1, -0.05) is 26.0 Å². The molecule has 0 aliphatic heterocycles. The van der Waals surface area contributed by atoms with Crippen molar-refractivity contribution in [2.45, 2.75) is 26.3 Å². The van der Waals surface area contributed by atoms with Gasteiger partial charge in [-0.15, -0.1) is 0 Å². The maximum Gasteiger partial charge on any atom is 0.133 e. The van der Waals surface area contributed by atoms with Gasteiger partial charge in [-0.25, -0.2) is 14.4 Å². The van der Waals surface area contributed by atoms with Crippen molar-refractivity contribution in [2.75, 3.05) is 11.9 Å². The van der Waals surface area contributed by atoms with E-state index >= 15 is 0 Å². The fourth-order valence-corrected chi connectivity index (χ4v) is 1.80. The molecular formula is C15H18FN3. The van der Waals surface area contributed by atoms with Crippen molar-refractivity contribution >= 4 is 5.82 Å². The topological polar surface area (TPSA) is 29.0 Å². The van der Waals surface area contributed by atoms with E-state index in [4.69, 9.17) is 0 Å². The van der Waals surface area contributed by atoms with Gasteiger partial charge in [0.1, 0.15) is 17.5 Å². The molecule has 0 saturated heterocycles. The van der Waals surface area contributed by atoms with Crippen LogP contribution in [0.25, 0.3) is 0 Å². The normalized spacial score (nSPS) is 10.8. The molecule has 0 spiro atoms. The number of nitrogens with zero attached hydrogens (tertiary/aromatic N) is 3. The minimum atomic E-state index is -0.212. The first kappa shape index (κ1) is 13.5. The maximum absolute atomic E-state index is 12.9. The molecule has 2 aromatic rings. The third-order valence-electron chi connectivity index (χ3n) is 2.90. The van der Waals surface area contributed by atoms with E-state index in [9.17, 15) is 4.39 Å². The van der Waals surface area contributed by atoms with Crippen LogP contribution < -0.4 is 4.90 Å². The van der Waals surface area contributed by atoms with E-state index in [0.717, 1.165) is 17.2 Å². The van der Waals surface area contributed by atoms with Gasteiger partial charge in [-0.3, -0.25) is 0 Å². The minimum absolute atomic E-state index is 0.212. The Morgan fingerprint density at radius 3 is 2.47 bits per heavy atom. The summed E-state index contributed by atoms with van der Waals surface area (Å²) in [5.74, 6) is 1.81. The summed E-state index contributed by atoms with van der Waals surface area (Å²) in [5, 5.41) is 0. The van der Waals surface area contributed by atoms with Gasteiger partial charge in [0.25, 0.3) is 0 Å². The summed E-state index contributed by atoms with van der Waals surface area (Å²) < 4.78 is 12.9. The Morgan fingerprint density at radius 1 is 1.16 bits per heavy atom. The summed E-state index contributed by atoms with van der Waals surface area (Å²) in [6.07, 6.45) is 1.78. The number of anilines is 1. The van der Waals surface area contributed by atoms with Crippen molar-refractivity contribution < 1.29 is 4.39 Å². The minimum Gasteiger partial charge on any atom is -0.355 e. The van der Waals surface area contributed by atoms with E-state index in [2.05, 4.69) is 23.8 Å². The number of halogens is 1. The predicted octanol–water partition coefficient (Wildman–Crippen LogP) is 3.38. The molecule has 0 saturated carbocycles. The summed E-state index contributed by atoms with van der Waals surface area (Å²) >= 11 is 0. The molecule has 0 amide bonds. The molecule has 0 aliphatic rings. The van der Waals surface area contributed by atoms with Crippen LogP contribution in [0.3, 0.4) is 0 Å². The molecule has 3 nitrogen and oxygen atoms in total. The second-order valence-electron chi connectivity index (χ2n) is 4.91. The highest BCUT2D eigenvalue weighted by Gasteiger charge is 2.07. The molecule has 4 heteroatoms. The molecule has 0 bridgehead atoms. The van der Waals surface area contributed by atoms with E-state index in [-0.39, 0.29) is 5.82 Å². The SMILES string of the molecule is CC(C)c1nccc(N(C)Cc2ccc(F)cc2)n1. The average Bonchev–Trinajstić information content (AvgIpc) is 2.41. The third kappa shape index (κ3) is 3.50. The van der Waals surface area contributed by atoms with Gasteiger partial charge < -0.3 is 4.90 Å². The number of benzene rings is 1. The highest BCUT2D eigenvalue weighted by Crippen LogP contribution is 2.16. The second kappa shape index (κ2) is 5.78. The van der Waals surface area contributed by atoms with Crippen molar-refractivity contribution in [3.63, 3.8) is 0 Å². The molecule has 19 heavy (non-hydrogen) atoms. The van der Waals surface area contributed by atoms with Gasteiger partial charge in [-0.05, 0) is 23.8 Å². The number of aromatic nitrogens is 2. The van der Waals surface area contributed by atoms with E-state index < -0.39 is 0 Å². The number of rotatable bonds is 4. The fraction of sp³-hybridized carbons (Fsp3) is 0.333. The van der Waals surface area contributed by atoms with E-state index in [1.807, 2.05) is 18.0 Å². The van der Waals surface area contributed by atoms with Crippen LogP contribution in [0.5, 0.6) is 0 Å². The molecule has 1 heterocycles. The van der Waals surface area contributed by atoms with Gasteiger partial charge in [-0.2, -0.15) is 0 Å². The van der Waals surface area contributed by atoms with Gasteiger partial charge in [0.05, 0.1) is 0 Å². The maximum atomic E-state index is 12.9. The van der Waals surface area contributed by atoms with Crippen molar-refractivity contribution in [3.8, 4) is 0 Å². The molecule has 0 aliphatic carbocycles. The first-order valence-electron chi connectivity index (χ1n) is 6.35. The molecule has 0 fully saturated rings. The zero-order chi connectivity index (χ0) is 13.8. The molecule has 0 N–H and O–H groups in total. The fourth-order valence-electron chi connectivity index (χ4n) is 1.80. The van der Waals surface area contributed by atoms with Gasteiger partial charge >= 0.3 is 0 Å². The largest absolute Gasteiger partial charge is 0.355 e. The quantitative estimate of drug-likeness (QED) is 0.843. The highest BCUT2D eigenvalue weighted by molar-refractivity contribution is 5.38. The Labute approximate surface area is 113 Å². The molecule has 1 aromatic heterocycles. The number of hydrogen-bond donors (Lipinski definition) is 0. The summed E-state index contributed by atoms with van der Waals surface area (Å²) in [7, 11) is 1.97. The number of hydrogen-bond acceptors (Lipinski definition) is 3. The molecule has 100 valence electrons. The predicted molar refractivity (Wildman–Crippen MR) is 74.6 cm³/mol. The smallest absolute Gasteiger partial charge is 0.133 e. The van der Waals surface area contributed by atoms with Crippen LogP contribution in [0.15, 0.2) is 36.5 Å². The summed E-state index contributed by atoms with van der Waals surface area (Å²) in [6, 6.07) is 8.41. The zero-order valence-electron chi connectivity index (χ0n) is 11.5. The van der Waals surface area contributed by atoms with Crippen LogP contribution in [0.1, 0.15) is 31.2 Å². The molecule has 0 radical (unpaired) electrons. The van der Waals surface area contributed by atoms with Crippen molar-refractivity contribution in [3.05, 3.63) is 53.7 Å². The third-order valence-corrected chi connectivity index (χ3v) is 2.90. The molecule has 0 unspecified atom stereocenters. The molecule has 1 aromatic carbocycles. The lowest BCUT2D eigenvalue weighted by Crippen LogP contribution is -2.18. The van der Waals surface area contributed by atoms with E-state index in [1.165, 1.54) is 12.1 Å². The Hall–Kier alpha value is -1.97. The highest BCUT2D eigenvalue weighted by atomic mass is 19.1. The second-order valence-corrected chi connectivity index (χ2v) is 4.91. The van der Waals surface area contributed by atoms with Gasteiger partial charge in [0, 0.05) is 25.7 Å². The van der Waals surface area contributed by atoms with Crippen LogP contribution >= 0.6 is 0 Å². The van der Waals surface area contributed by atoms with Crippen LogP contribution in [0.2, 0.25) is 0 Å². The monoisotopic (exact) mass is 259 g/mol. The van der Waals surface area contributed by atoms with Crippen LogP contribution in [-0.4, -0.2) is 17.0 Å². The van der Waals surface area contributed by atoms with Crippen molar-refractivity contribution in [1.82, 2.24) is 9.97 Å². The standard InChI is InChI=1S/C15H18FN3/c1-11(2)15-17-9-8-14(18-15)19(3)10-12-4-6-13(16)7-5-12/h4-9,11H,10H2,1-3H3. The molecular weight excluding hydrogens is 241 g/mol. The lowest BCUT2D eigenvalue weighted by atomic mass is 10.2. The first-order valence-corrected chi connectivity index (χ1v) is 6.35. The Bertz CT molecular complexity index is 537. The van der Waals surface area contributed by atoms with Crippen LogP contribution in [-0.2, 0) is 6.54 Å². The zero-order valence-corrected chi connectivity index (χ0v) is 11.5. The summed E-state index contributed by atoms with van der Waals surface area (Å²) in [4.78, 5) is 10.8. The van der Waals surface area contributed by atoms with E-state index in [1.54, 1.807) is 18.3 Å². The summed E-state index contributed by atoms with van der Waals surface area (Å²) in [6.45, 7) is 4.83. The first-order chi connectivity index (χ1) is 9.06.